The maximum Gasteiger partial charge on any atom is 0.293 e. The lowest BCUT2D eigenvalue weighted by atomic mass is 10.1. The maximum atomic E-state index is 12.1. The van der Waals surface area contributed by atoms with E-state index in [9.17, 15) is 9.59 Å². The second kappa shape index (κ2) is 5.51. The van der Waals surface area contributed by atoms with Gasteiger partial charge in [0.15, 0.2) is 11.2 Å². The first-order chi connectivity index (χ1) is 10.4. The van der Waals surface area contributed by atoms with Gasteiger partial charge >= 0.3 is 0 Å². The number of fused-ring (bicyclic) bond motifs is 1. The second-order valence-corrected chi connectivity index (χ2v) is 6.24. The highest BCUT2D eigenvalue weighted by Crippen LogP contribution is 2.22. The third-order valence-corrected chi connectivity index (χ3v) is 4.14. The average Bonchev–Trinajstić information content (AvgIpc) is 2.86. The summed E-state index contributed by atoms with van der Waals surface area (Å²) in [5.41, 5.74) is 0.740. The van der Waals surface area contributed by atoms with Gasteiger partial charge in [0.05, 0.1) is 5.39 Å². The third-order valence-electron chi connectivity index (χ3n) is 2.98. The number of aryl methyl sites for hydroxylation is 2. The van der Waals surface area contributed by atoms with E-state index < -0.39 is 5.91 Å². The Hall–Kier alpha value is -2.25. The Bertz CT molecular complexity index is 948. The van der Waals surface area contributed by atoms with Crippen LogP contribution in [-0.4, -0.2) is 16.1 Å². The minimum atomic E-state index is -0.553. The lowest BCUT2D eigenvalue weighted by molar-refractivity contribution is 0.0997. The molecule has 1 N–H and O–H groups in total. The quantitative estimate of drug-likeness (QED) is 0.777. The summed E-state index contributed by atoms with van der Waals surface area (Å²) in [6.07, 6.45) is 0. The molecule has 0 spiro atoms. The molecule has 1 amide bonds. The molecule has 0 aliphatic carbocycles. The van der Waals surface area contributed by atoms with E-state index >= 15 is 0 Å². The Morgan fingerprint density at radius 3 is 2.73 bits per heavy atom. The summed E-state index contributed by atoms with van der Waals surface area (Å²) < 4.78 is 5.51. The van der Waals surface area contributed by atoms with Crippen molar-refractivity contribution in [1.82, 2.24) is 10.2 Å². The van der Waals surface area contributed by atoms with Crippen molar-refractivity contribution in [2.24, 2.45) is 0 Å². The van der Waals surface area contributed by atoms with Crippen LogP contribution in [0.3, 0.4) is 0 Å². The first-order valence-corrected chi connectivity index (χ1v) is 7.49. The number of halogens is 1. The van der Waals surface area contributed by atoms with Gasteiger partial charge in [-0.3, -0.25) is 14.9 Å². The van der Waals surface area contributed by atoms with Crippen LogP contribution >= 0.6 is 22.9 Å². The Balaban J connectivity index is 2.02. The van der Waals surface area contributed by atoms with E-state index in [-0.39, 0.29) is 11.2 Å². The zero-order chi connectivity index (χ0) is 15.9. The van der Waals surface area contributed by atoms with Gasteiger partial charge in [-0.15, -0.1) is 10.2 Å². The molecule has 0 aliphatic heterocycles. The van der Waals surface area contributed by atoms with Gasteiger partial charge in [-0.1, -0.05) is 22.9 Å². The fraction of sp³-hybridized carbons (Fsp3) is 0.143. The van der Waals surface area contributed by atoms with E-state index in [0.717, 1.165) is 16.6 Å². The number of benzene rings is 1. The van der Waals surface area contributed by atoms with Gasteiger partial charge in [-0.25, -0.2) is 0 Å². The highest BCUT2D eigenvalue weighted by molar-refractivity contribution is 7.15. The predicted octanol–water partition coefficient (Wildman–Crippen LogP) is 3.17. The number of nitrogens with zero attached hydrogens (tertiary/aromatic N) is 2. The van der Waals surface area contributed by atoms with Crippen LogP contribution < -0.4 is 10.7 Å². The minimum absolute atomic E-state index is 0.0907. The monoisotopic (exact) mass is 335 g/mol. The zero-order valence-corrected chi connectivity index (χ0v) is 13.2. The number of anilines is 1. The summed E-state index contributed by atoms with van der Waals surface area (Å²) in [6, 6.07) is 4.30. The number of nitrogens with one attached hydrogen (secondary N) is 1. The van der Waals surface area contributed by atoms with Gasteiger partial charge in [-0.2, -0.15) is 0 Å². The van der Waals surface area contributed by atoms with Gasteiger partial charge < -0.3 is 4.42 Å². The first-order valence-electron chi connectivity index (χ1n) is 6.29. The molecular formula is C14H10ClN3O3S. The smallest absolute Gasteiger partial charge is 0.293 e. The van der Waals surface area contributed by atoms with Gasteiger partial charge in [0, 0.05) is 11.1 Å². The van der Waals surface area contributed by atoms with E-state index in [0.29, 0.717) is 21.1 Å². The summed E-state index contributed by atoms with van der Waals surface area (Å²) in [5.74, 6) is -0.644. The fourth-order valence-corrected chi connectivity index (χ4v) is 2.64. The summed E-state index contributed by atoms with van der Waals surface area (Å²) in [7, 11) is 0. The first kappa shape index (κ1) is 14.7. The average molecular weight is 336 g/mol. The molecule has 0 bridgehead atoms. The Labute approximate surface area is 133 Å². The number of hydrogen-bond acceptors (Lipinski definition) is 6. The molecule has 0 saturated heterocycles. The molecule has 6 nitrogen and oxygen atoms in total. The van der Waals surface area contributed by atoms with E-state index in [2.05, 4.69) is 15.5 Å². The number of carbonyl (C=O) groups excluding carboxylic acids is 1. The van der Waals surface area contributed by atoms with Crippen molar-refractivity contribution in [2.75, 3.05) is 5.32 Å². The molecule has 0 unspecified atom stereocenters. The molecule has 3 rings (SSSR count). The number of hydrogen-bond donors (Lipinski definition) is 1. The van der Waals surface area contributed by atoms with Crippen molar-refractivity contribution in [3.8, 4) is 0 Å². The zero-order valence-electron chi connectivity index (χ0n) is 11.6. The Morgan fingerprint density at radius 1 is 1.27 bits per heavy atom. The molecule has 0 atom stereocenters. The van der Waals surface area contributed by atoms with Crippen LogP contribution in [0.5, 0.6) is 0 Å². The molecule has 0 fully saturated rings. The summed E-state index contributed by atoms with van der Waals surface area (Å²) in [5, 5.41) is 12.0. The van der Waals surface area contributed by atoms with Crippen molar-refractivity contribution < 1.29 is 9.21 Å². The molecule has 8 heteroatoms. The summed E-state index contributed by atoms with van der Waals surface area (Å²) in [6.45, 7) is 3.56. The van der Waals surface area contributed by atoms with Gasteiger partial charge in [-0.05, 0) is 31.5 Å². The highest BCUT2D eigenvalue weighted by Gasteiger charge is 2.15. The van der Waals surface area contributed by atoms with Crippen LogP contribution in [0.25, 0.3) is 11.0 Å². The molecule has 2 heterocycles. The van der Waals surface area contributed by atoms with Crippen LogP contribution in [0.1, 0.15) is 21.1 Å². The number of amides is 1. The molecule has 112 valence electrons. The molecule has 22 heavy (non-hydrogen) atoms. The molecule has 2 aromatic heterocycles. The van der Waals surface area contributed by atoms with Crippen molar-refractivity contribution in [1.29, 1.82) is 0 Å². The Kier molecular flexibility index (Phi) is 3.67. The van der Waals surface area contributed by atoms with E-state index in [1.807, 2.05) is 0 Å². The largest absolute Gasteiger partial charge is 0.451 e. The molecule has 1 aromatic carbocycles. The maximum absolute atomic E-state index is 12.1. The summed E-state index contributed by atoms with van der Waals surface area (Å²) in [4.78, 5) is 24.2. The van der Waals surface area contributed by atoms with Crippen molar-refractivity contribution >= 4 is 44.9 Å². The van der Waals surface area contributed by atoms with Gasteiger partial charge in [0.25, 0.3) is 5.91 Å². The van der Waals surface area contributed by atoms with Crippen LogP contribution in [0, 0.1) is 13.8 Å². The SMILES string of the molecule is Cc1nnc(NC(=O)c2cc(=O)c3cc(Cl)c(C)cc3o2)s1. The topological polar surface area (TPSA) is 85.1 Å². The minimum Gasteiger partial charge on any atom is -0.451 e. The Morgan fingerprint density at radius 2 is 2.05 bits per heavy atom. The third kappa shape index (κ3) is 2.72. The number of carbonyl (C=O) groups is 1. The number of aromatic nitrogens is 2. The van der Waals surface area contributed by atoms with Gasteiger partial charge in [0.1, 0.15) is 10.6 Å². The lowest BCUT2D eigenvalue weighted by Crippen LogP contribution is -2.15. The molecule has 0 saturated carbocycles. The second-order valence-electron chi connectivity index (χ2n) is 4.65. The normalized spacial score (nSPS) is 10.9. The molecule has 0 aliphatic rings. The van der Waals surface area contributed by atoms with E-state index in [1.54, 1.807) is 19.9 Å². The van der Waals surface area contributed by atoms with Crippen molar-refractivity contribution in [3.63, 3.8) is 0 Å². The van der Waals surface area contributed by atoms with E-state index in [4.69, 9.17) is 16.0 Å². The van der Waals surface area contributed by atoms with E-state index in [1.165, 1.54) is 17.4 Å². The summed E-state index contributed by atoms with van der Waals surface area (Å²) >= 11 is 7.23. The van der Waals surface area contributed by atoms with Crippen molar-refractivity contribution in [3.05, 3.63) is 49.8 Å². The van der Waals surface area contributed by atoms with Crippen LogP contribution in [0.15, 0.2) is 27.4 Å². The van der Waals surface area contributed by atoms with Crippen LogP contribution in [-0.2, 0) is 0 Å². The van der Waals surface area contributed by atoms with Crippen LogP contribution in [0.4, 0.5) is 5.13 Å². The predicted molar refractivity (Wildman–Crippen MR) is 84.8 cm³/mol. The standard InChI is InChI=1S/C14H10ClN3O3S/c1-6-3-11-8(4-9(6)15)10(19)5-12(21-11)13(20)16-14-18-17-7(2)22-14/h3-5H,1-2H3,(H,16,18,20). The molecule has 0 radical (unpaired) electrons. The molecular weight excluding hydrogens is 326 g/mol. The van der Waals surface area contributed by atoms with Crippen LogP contribution in [0.2, 0.25) is 5.02 Å². The van der Waals surface area contributed by atoms with Crippen molar-refractivity contribution in [2.45, 2.75) is 13.8 Å². The van der Waals surface area contributed by atoms with Gasteiger partial charge in [0.2, 0.25) is 5.13 Å². The fourth-order valence-electron chi connectivity index (χ4n) is 1.89. The lowest BCUT2D eigenvalue weighted by Gasteiger charge is -2.04. The number of rotatable bonds is 2. The molecule has 3 aromatic rings. The highest BCUT2D eigenvalue weighted by atomic mass is 35.5.